The van der Waals surface area contributed by atoms with Crippen LogP contribution in [0, 0.1) is 23.1 Å². The van der Waals surface area contributed by atoms with Crippen LogP contribution < -0.4 is 5.32 Å². The highest BCUT2D eigenvalue weighted by molar-refractivity contribution is 6.01. The van der Waals surface area contributed by atoms with Crippen LogP contribution in [0.3, 0.4) is 0 Å². The fraction of sp³-hybridized carbons (Fsp3) is 0.385. The fourth-order valence-corrected chi connectivity index (χ4v) is 4.98. The van der Waals surface area contributed by atoms with E-state index >= 15 is 4.39 Å². The summed E-state index contributed by atoms with van der Waals surface area (Å²) in [7, 11) is 0. The minimum Gasteiger partial charge on any atom is -0.464 e. The molecule has 0 amide bonds. The van der Waals surface area contributed by atoms with Gasteiger partial charge in [0.15, 0.2) is 0 Å². The second-order valence-corrected chi connectivity index (χ2v) is 8.70. The van der Waals surface area contributed by atoms with Crippen LogP contribution in [0.5, 0.6) is 0 Å². The number of aliphatic imine (C=N–C) groups is 1. The molecule has 5 rings (SSSR count). The van der Waals surface area contributed by atoms with E-state index in [1.807, 2.05) is 24.3 Å². The van der Waals surface area contributed by atoms with Gasteiger partial charge in [0.05, 0.1) is 24.4 Å². The summed E-state index contributed by atoms with van der Waals surface area (Å²) in [4.78, 5) is 7.12. The summed E-state index contributed by atoms with van der Waals surface area (Å²) >= 11 is 0. The van der Waals surface area contributed by atoms with Crippen molar-refractivity contribution < 1.29 is 8.81 Å². The Balaban J connectivity index is 1.40. The molecule has 2 aliphatic heterocycles. The van der Waals surface area contributed by atoms with Crippen molar-refractivity contribution in [2.45, 2.75) is 25.7 Å². The Labute approximate surface area is 187 Å². The Kier molecular flexibility index (Phi) is 5.91. The zero-order valence-corrected chi connectivity index (χ0v) is 18.1. The molecule has 1 fully saturated rings. The maximum Gasteiger partial charge on any atom is 0.137 e. The Bertz CT molecular complexity index is 1190. The number of rotatable bonds is 6. The van der Waals surface area contributed by atoms with Crippen LogP contribution in [0.15, 0.2) is 52.1 Å². The molecule has 0 saturated carbocycles. The predicted molar refractivity (Wildman–Crippen MR) is 123 cm³/mol. The van der Waals surface area contributed by atoms with Crippen LogP contribution in [0.1, 0.15) is 35.1 Å². The Morgan fingerprint density at radius 3 is 2.91 bits per heavy atom. The van der Waals surface area contributed by atoms with E-state index in [0.717, 1.165) is 60.7 Å². The van der Waals surface area contributed by atoms with Crippen molar-refractivity contribution in [2.24, 2.45) is 10.9 Å². The molecule has 3 heterocycles. The first-order valence-corrected chi connectivity index (χ1v) is 11.4. The number of nitrogens with zero attached hydrogens (tertiary/aromatic N) is 3. The minimum atomic E-state index is -0.203. The van der Waals surface area contributed by atoms with Gasteiger partial charge >= 0.3 is 0 Å². The second-order valence-electron chi connectivity index (χ2n) is 8.70. The van der Waals surface area contributed by atoms with Crippen molar-refractivity contribution in [3.8, 4) is 6.07 Å². The summed E-state index contributed by atoms with van der Waals surface area (Å²) in [5.41, 5.74) is 3.87. The third-order valence-corrected chi connectivity index (χ3v) is 6.63. The third kappa shape index (κ3) is 4.13. The van der Waals surface area contributed by atoms with Gasteiger partial charge in [0.25, 0.3) is 0 Å². The van der Waals surface area contributed by atoms with E-state index in [4.69, 9.17) is 9.41 Å². The molecule has 1 N–H and O–H groups in total. The summed E-state index contributed by atoms with van der Waals surface area (Å²) in [5, 5.41) is 13.7. The number of hydrogen-bond donors (Lipinski definition) is 1. The van der Waals surface area contributed by atoms with Crippen molar-refractivity contribution >= 4 is 16.8 Å². The van der Waals surface area contributed by atoms with Crippen molar-refractivity contribution in [1.29, 1.82) is 5.26 Å². The fourth-order valence-electron chi connectivity index (χ4n) is 4.98. The van der Waals surface area contributed by atoms with Gasteiger partial charge in [-0.3, -0.25) is 4.99 Å². The number of halogens is 1. The average molecular weight is 431 g/mol. The van der Waals surface area contributed by atoms with E-state index in [-0.39, 0.29) is 5.82 Å². The van der Waals surface area contributed by atoms with Gasteiger partial charge in [-0.2, -0.15) is 5.26 Å². The standard InChI is InChI=1S/C26H27FN4O/c27-24-3-1-2-23(26-30-11-12-31(26)17-18-6-9-29-10-7-18)22(24)5-4-20-14-19(16-28)15-21-8-13-32-25(20)21/h1-3,8,13-15,18,29H,4-7,9-12,17H2. The number of hydrogen-bond acceptors (Lipinski definition) is 5. The lowest BCUT2D eigenvalue weighted by molar-refractivity contribution is 0.295. The van der Waals surface area contributed by atoms with E-state index in [1.54, 1.807) is 12.3 Å². The van der Waals surface area contributed by atoms with Crippen molar-refractivity contribution in [3.05, 3.63) is 70.7 Å². The Hall–Kier alpha value is -3.17. The van der Waals surface area contributed by atoms with Gasteiger partial charge in [0, 0.05) is 24.0 Å². The van der Waals surface area contributed by atoms with E-state index in [9.17, 15) is 5.26 Å². The summed E-state index contributed by atoms with van der Waals surface area (Å²) in [5.74, 6) is 1.37. The first-order valence-electron chi connectivity index (χ1n) is 11.4. The number of benzene rings is 2. The quantitative estimate of drug-likeness (QED) is 0.634. The van der Waals surface area contributed by atoms with Gasteiger partial charge in [-0.15, -0.1) is 0 Å². The second kappa shape index (κ2) is 9.13. The lowest BCUT2D eigenvalue weighted by atomic mass is 9.95. The molecular weight excluding hydrogens is 403 g/mol. The summed E-state index contributed by atoms with van der Waals surface area (Å²) in [6.45, 7) is 4.77. The summed E-state index contributed by atoms with van der Waals surface area (Å²) in [6, 6.07) is 13.0. The number of furan rings is 1. The van der Waals surface area contributed by atoms with Crippen LogP contribution in [-0.4, -0.2) is 43.5 Å². The van der Waals surface area contributed by atoms with Crippen LogP contribution >= 0.6 is 0 Å². The van der Waals surface area contributed by atoms with Gasteiger partial charge in [0.1, 0.15) is 17.2 Å². The van der Waals surface area contributed by atoms with Gasteiger partial charge in [0.2, 0.25) is 0 Å². The van der Waals surface area contributed by atoms with E-state index in [1.165, 1.54) is 18.9 Å². The van der Waals surface area contributed by atoms with Gasteiger partial charge < -0.3 is 14.6 Å². The molecule has 1 saturated heterocycles. The molecule has 164 valence electrons. The van der Waals surface area contributed by atoms with E-state index in [0.29, 0.717) is 29.9 Å². The monoisotopic (exact) mass is 430 g/mol. The van der Waals surface area contributed by atoms with Crippen LogP contribution in [0.25, 0.3) is 11.0 Å². The predicted octanol–water partition coefficient (Wildman–Crippen LogP) is 4.29. The first kappa shape index (κ1) is 20.7. The van der Waals surface area contributed by atoms with Crippen LogP contribution in [-0.2, 0) is 12.8 Å². The Morgan fingerprint density at radius 1 is 1.19 bits per heavy atom. The van der Waals surface area contributed by atoms with Crippen molar-refractivity contribution in [2.75, 3.05) is 32.7 Å². The van der Waals surface area contributed by atoms with Gasteiger partial charge in [-0.25, -0.2) is 4.39 Å². The molecule has 3 aromatic rings. The number of nitrogens with one attached hydrogen (secondary N) is 1. The number of amidine groups is 1. The Morgan fingerprint density at radius 2 is 2.06 bits per heavy atom. The molecule has 2 aromatic carbocycles. The molecule has 32 heavy (non-hydrogen) atoms. The summed E-state index contributed by atoms with van der Waals surface area (Å²) < 4.78 is 20.7. The van der Waals surface area contributed by atoms with E-state index in [2.05, 4.69) is 16.3 Å². The van der Waals surface area contributed by atoms with Gasteiger partial charge in [-0.05, 0) is 80.1 Å². The molecule has 1 aromatic heterocycles. The summed E-state index contributed by atoms with van der Waals surface area (Å²) in [6.07, 6.45) is 5.10. The highest BCUT2D eigenvalue weighted by Crippen LogP contribution is 2.26. The molecule has 0 radical (unpaired) electrons. The highest BCUT2D eigenvalue weighted by atomic mass is 19.1. The van der Waals surface area contributed by atoms with Crippen LogP contribution in [0.4, 0.5) is 4.39 Å². The van der Waals surface area contributed by atoms with Crippen molar-refractivity contribution in [3.63, 3.8) is 0 Å². The van der Waals surface area contributed by atoms with E-state index < -0.39 is 0 Å². The average Bonchev–Trinajstić information content (AvgIpc) is 3.48. The number of aryl methyl sites for hydroxylation is 1. The normalized spacial score (nSPS) is 17.0. The zero-order valence-electron chi connectivity index (χ0n) is 18.1. The van der Waals surface area contributed by atoms with Crippen molar-refractivity contribution in [1.82, 2.24) is 10.2 Å². The third-order valence-electron chi connectivity index (χ3n) is 6.63. The molecule has 0 spiro atoms. The smallest absolute Gasteiger partial charge is 0.137 e. The SMILES string of the molecule is N#Cc1cc(CCc2c(F)cccc2C2=NCCN2CC2CCNCC2)c2occc2c1. The largest absolute Gasteiger partial charge is 0.464 e. The van der Waals surface area contributed by atoms with Crippen LogP contribution in [0.2, 0.25) is 0 Å². The topological polar surface area (TPSA) is 64.6 Å². The maximum absolute atomic E-state index is 15.0. The maximum atomic E-state index is 15.0. The molecule has 0 aliphatic carbocycles. The molecule has 0 atom stereocenters. The number of nitriles is 1. The zero-order chi connectivity index (χ0) is 21.9. The first-order chi connectivity index (χ1) is 15.7. The highest BCUT2D eigenvalue weighted by Gasteiger charge is 2.26. The minimum absolute atomic E-state index is 0.203. The number of piperidine rings is 1. The number of fused-ring (bicyclic) bond motifs is 1. The lowest BCUT2D eigenvalue weighted by Gasteiger charge is -2.30. The molecule has 0 bridgehead atoms. The molecule has 0 unspecified atom stereocenters. The van der Waals surface area contributed by atoms with Gasteiger partial charge in [-0.1, -0.05) is 12.1 Å². The molecule has 6 heteroatoms. The molecular formula is C26H27FN4O. The molecule has 5 nitrogen and oxygen atoms in total. The molecule has 2 aliphatic rings. The lowest BCUT2D eigenvalue weighted by Crippen LogP contribution is -2.38.